The van der Waals surface area contributed by atoms with Crippen LogP contribution in [0, 0.1) is 0 Å². The smallest absolute Gasteiger partial charge is 0.363 e. The molecule has 9 nitrogen and oxygen atoms in total. The van der Waals surface area contributed by atoms with E-state index in [0.717, 1.165) is 15.2 Å². The highest BCUT2D eigenvalue weighted by Gasteiger charge is 2.47. The zero-order chi connectivity index (χ0) is 24.4. The number of anilines is 1. The van der Waals surface area contributed by atoms with Gasteiger partial charge in [0.25, 0.3) is 0 Å². The third kappa shape index (κ3) is 3.26. The van der Waals surface area contributed by atoms with Crippen LogP contribution in [0.5, 0.6) is 0 Å². The van der Waals surface area contributed by atoms with Crippen LogP contribution in [0.15, 0.2) is 66.4 Å². The molecule has 1 aromatic carbocycles. The molecule has 1 aliphatic heterocycles. The molecule has 0 radical (unpaired) electrons. The van der Waals surface area contributed by atoms with Gasteiger partial charge in [-0.05, 0) is 23.6 Å². The van der Waals surface area contributed by atoms with E-state index in [4.69, 9.17) is 0 Å². The van der Waals surface area contributed by atoms with Crippen molar-refractivity contribution in [1.29, 1.82) is 0 Å². The Morgan fingerprint density at radius 3 is 2.67 bits per heavy atom. The van der Waals surface area contributed by atoms with Crippen molar-refractivity contribution in [2.24, 2.45) is 0 Å². The highest BCUT2D eigenvalue weighted by molar-refractivity contribution is 7.10. The van der Waals surface area contributed by atoms with Crippen molar-refractivity contribution in [2.75, 3.05) is 5.32 Å². The van der Waals surface area contributed by atoms with E-state index in [9.17, 15) is 13.2 Å². The Labute approximate surface area is 204 Å². The number of fused-ring (bicyclic) bond motifs is 4. The predicted molar refractivity (Wildman–Crippen MR) is 127 cm³/mol. The summed E-state index contributed by atoms with van der Waals surface area (Å²) in [5.41, 5.74) is 2.16. The maximum absolute atomic E-state index is 14.0. The third-order valence-corrected chi connectivity index (χ3v) is 7.20. The van der Waals surface area contributed by atoms with Crippen molar-refractivity contribution in [2.45, 2.75) is 24.7 Å². The predicted octanol–water partition coefficient (Wildman–Crippen LogP) is 5.05. The van der Waals surface area contributed by atoms with Gasteiger partial charge in [-0.1, -0.05) is 24.3 Å². The topological polar surface area (TPSA) is 90.8 Å². The van der Waals surface area contributed by atoms with Crippen LogP contribution in [0.4, 0.5) is 19.0 Å². The van der Waals surface area contributed by atoms with Gasteiger partial charge in [0.15, 0.2) is 17.3 Å². The highest BCUT2D eigenvalue weighted by atomic mass is 32.1. The largest absolute Gasteiger partial charge is 0.410 e. The molecule has 5 aromatic heterocycles. The van der Waals surface area contributed by atoms with E-state index >= 15 is 0 Å². The summed E-state index contributed by atoms with van der Waals surface area (Å²) in [5.74, 6) is 0.477. The van der Waals surface area contributed by atoms with Crippen LogP contribution in [-0.4, -0.2) is 45.3 Å². The summed E-state index contributed by atoms with van der Waals surface area (Å²) >= 11 is 1.42. The fourth-order valence-electron chi connectivity index (χ4n) is 4.55. The molecule has 13 heteroatoms. The number of nitrogens with one attached hydrogen (secondary N) is 1. The number of hydrogen-bond donors (Lipinski definition) is 1. The van der Waals surface area contributed by atoms with Crippen molar-refractivity contribution >= 4 is 33.8 Å². The summed E-state index contributed by atoms with van der Waals surface area (Å²) < 4.78 is 46.1. The first-order valence-electron chi connectivity index (χ1n) is 11.1. The Kier molecular flexibility index (Phi) is 4.46. The number of nitrogens with zero attached hydrogens (tertiary/aromatic N) is 8. The van der Waals surface area contributed by atoms with Gasteiger partial charge in [-0.3, -0.25) is 0 Å². The van der Waals surface area contributed by atoms with Gasteiger partial charge in [0.2, 0.25) is 5.82 Å². The SMILES string of the molecule is FC(F)(F)[C@@H]1C[C@H](c2cccs2)Nc2cc(-c3nc4c5cnn(-c6ccccc6)c5ncn4n3)nn21. The summed E-state index contributed by atoms with van der Waals surface area (Å²) in [6.07, 6.45) is -1.45. The zero-order valence-electron chi connectivity index (χ0n) is 18.3. The second kappa shape index (κ2) is 7.62. The van der Waals surface area contributed by atoms with Crippen molar-refractivity contribution in [3.8, 4) is 17.2 Å². The van der Waals surface area contributed by atoms with E-state index in [0.29, 0.717) is 16.7 Å². The van der Waals surface area contributed by atoms with E-state index in [1.54, 1.807) is 16.9 Å². The molecule has 0 saturated heterocycles. The number of hydrogen-bond acceptors (Lipinski definition) is 7. The monoisotopic (exact) mass is 507 g/mol. The minimum absolute atomic E-state index is 0.153. The summed E-state index contributed by atoms with van der Waals surface area (Å²) in [7, 11) is 0. The molecule has 0 aliphatic carbocycles. The average molecular weight is 508 g/mol. The highest BCUT2D eigenvalue weighted by Crippen LogP contribution is 2.45. The summed E-state index contributed by atoms with van der Waals surface area (Å²) in [6.45, 7) is 0. The standard InChI is InChI=1S/C23H16F3N9S/c24-23(25,26)18-9-15(17-7-4-8-36-17)29-19-10-16(31-35(18)19)20-30-22-14-11-28-34(13-5-2-1-3-6-13)21(14)27-12-33(22)32-20/h1-8,10-12,15,18,29H,9H2/t15-,18+/m1/s1. The van der Waals surface area contributed by atoms with Gasteiger partial charge >= 0.3 is 6.18 Å². The molecule has 180 valence electrons. The maximum Gasteiger partial charge on any atom is 0.410 e. The zero-order valence-corrected chi connectivity index (χ0v) is 19.1. The van der Waals surface area contributed by atoms with E-state index in [-0.39, 0.29) is 23.8 Å². The fourth-order valence-corrected chi connectivity index (χ4v) is 5.34. The average Bonchev–Trinajstić information content (AvgIpc) is 3.66. The van der Waals surface area contributed by atoms with Crippen molar-refractivity contribution in [3.63, 3.8) is 0 Å². The molecule has 0 unspecified atom stereocenters. The van der Waals surface area contributed by atoms with Crippen LogP contribution in [0.3, 0.4) is 0 Å². The van der Waals surface area contributed by atoms with Crippen LogP contribution < -0.4 is 5.32 Å². The van der Waals surface area contributed by atoms with Crippen LogP contribution in [0.2, 0.25) is 0 Å². The number of para-hydroxylation sites is 1. The molecule has 6 aromatic rings. The molecule has 1 aliphatic rings. The lowest BCUT2D eigenvalue weighted by Gasteiger charge is -2.32. The molecule has 0 spiro atoms. The molecule has 7 rings (SSSR count). The molecule has 0 amide bonds. The Morgan fingerprint density at radius 1 is 1.03 bits per heavy atom. The molecule has 0 bridgehead atoms. The maximum atomic E-state index is 14.0. The fraction of sp³-hybridized carbons (Fsp3) is 0.174. The van der Waals surface area contributed by atoms with Gasteiger partial charge in [0.1, 0.15) is 17.8 Å². The first kappa shape index (κ1) is 21.1. The molecular weight excluding hydrogens is 491 g/mol. The van der Waals surface area contributed by atoms with Crippen LogP contribution in [-0.2, 0) is 0 Å². The Hall–Kier alpha value is -4.26. The lowest BCUT2D eigenvalue weighted by molar-refractivity contribution is -0.173. The number of thiophene rings is 1. The second-order valence-corrected chi connectivity index (χ2v) is 9.42. The van der Waals surface area contributed by atoms with Crippen LogP contribution >= 0.6 is 11.3 Å². The molecule has 1 N–H and O–H groups in total. The molecule has 6 heterocycles. The van der Waals surface area contributed by atoms with Gasteiger partial charge < -0.3 is 5.32 Å². The first-order valence-corrected chi connectivity index (χ1v) is 11.9. The van der Waals surface area contributed by atoms with Gasteiger partial charge in [-0.2, -0.15) is 23.4 Å². The minimum atomic E-state index is -4.45. The molecule has 36 heavy (non-hydrogen) atoms. The number of rotatable bonds is 3. The Bertz CT molecular complexity index is 1700. The van der Waals surface area contributed by atoms with Crippen LogP contribution in [0.1, 0.15) is 23.4 Å². The van der Waals surface area contributed by atoms with E-state index in [1.807, 2.05) is 47.8 Å². The minimum Gasteiger partial charge on any atom is -0.363 e. The number of aromatic nitrogens is 8. The van der Waals surface area contributed by atoms with Crippen LogP contribution in [0.25, 0.3) is 33.9 Å². The van der Waals surface area contributed by atoms with Crippen molar-refractivity contribution in [3.05, 3.63) is 71.3 Å². The lowest BCUT2D eigenvalue weighted by Crippen LogP contribution is -2.35. The van der Waals surface area contributed by atoms with E-state index < -0.39 is 18.3 Å². The van der Waals surface area contributed by atoms with Gasteiger partial charge in [0.05, 0.1) is 23.3 Å². The quantitative estimate of drug-likeness (QED) is 0.361. The summed E-state index contributed by atoms with van der Waals surface area (Å²) in [4.78, 5) is 9.91. The number of alkyl halides is 3. The number of benzene rings is 1. The first-order chi connectivity index (χ1) is 17.5. The molecule has 0 fully saturated rings. The normalized spacial score (nSPS) is 18.0. The number of halogens is 3. The summed E-state index contributed by atoms with van der Waals surface area (Å²) in [6, 6.07) is 12.6. The van der Waals surface area contributed by atoms with Gasteiger partial charge in [-0.25, -0.2) is 23.8 Å². The molecular formula is C23H16F3N9S. The van der Waals surface area contributed by atoms with Gasteiger partial charge in [-0.15, -0.1) is 16.4 Å². The second-order valence-electron chi connectivity index (χ2n) is 8.44. The van der Waals surface area contributed by atoms with Crippen molar-refractivity contribution < 1.29 is 13.2 Å². The Morgan fingerprint density at radius 2 is 1.89 bits per heavy atom. The van der Waals surface area contributed by atoms with E-state index in [1.165, 1.54) is 22.2 Å². The summed E-state index contributed by atoms with van der Waals surface area (Å²) in [5, 5.41) is 18.9. The third-order valence-electron chi connectivity index (χ3n) is 6.21. The van der Waals surface area contributed by atoms with E-state index in [2.05, 4.69) is 30.6 Å². The Balaban J connectivity index is 1.31. The molecule has 2 atom stereocenters. The lowest BCUT2D eigenvalue weighted by atomic mass is 10.0. The van der Waals surface area contributed by atoms with Gasteiger partial charge in [0, 0.05) is 17.4 Å². The van der Waals surface area contributed by atoms with Crippen molar-refractivity contribution in [1.82, 2.24) is 39.1 Å². The molecule has 0 saturated carbocycles.